The maximum atomic E-state index is 12.9. The molecule has 35 heavy (non-hydrogen) atoms. The summed E-state index contributed by atoms with van der Waals surface area (Å²) >= 11 is 13.4. The molecule has 1 atom stereocenters. The zero-order valence-corrected chi connectivity index (χ0v) is 22.2. The lowest BCUT2D eigenvalue weighted by molar-refractivity contribution is -0.113. The number of carbonyl (C=O) groups is 2. The predicted molar refractivity (Wildman–Crippen MR) is 139 cm³/mol. The quantitative estimate of drug-likeness (QED) is 0.338. The van der Waals surface area contributed by atoms with Gasteiger partial charge in [-0.25, -0.2) is 0 Å². The third kappa shape index (κ3) is 7.13. The summed E-state index contributed by atoms with van der Waals surface area (Å²) in [5, 5.41) is 15.6. The molecule has 0 aliphatic rings. The van der Waals surface area contributed by atoms with Crippen molar-refractivity contribution in [2.24, 2.45) is 13.0 Å². The van der Waals surface area contributed by atoms with Crippen LogP contribution in [-0.2, 0) is 11.8 Å². The number of ether oxygens (including phenoxy) is 1. The van der Waals surface area contributed by atoms with Gasteiger partial charge in [0.05, 0.1) is 29.0 Å². The van der Waals surface area contributed by atoms with E-state index in [4.69, 9.17) is 27.9 Å². The molecular weight excluding hydrogens is 509 g/mol. The normalized spacial score (nSPS) is 11.9. The molecule has 2 aromatic carbocycles. The number of nitrogens with one attached hydrogen (secondary N) is 2. The van der Waals surface area contributed by atoms with Gasteiger partial charge in [-0.1, -0.05) is 48.8 Å². The highest BCUT2D eigenvalue weighted by atomic mass is 35.5. The molecule has 0 saturated heterocycles. The lowest BCUT2D eigenvalue weighted by Crippen LogP contribution is -2.33. The Hall–Kier alpha value is -2.75. The van der Waals surface area contributed by atoms with Crippen LogP contribution in [0, 0.1) is 5.92 Å². The van der Waals surface area contributed by atoms with Gasteiger partial charge >= 0.3 is 0 Å². The lowest BCUT2D eigenvalue weighted by atomic mass is 10.0. The van der Waals surface area contributed by atoms with Crippen LogP contribution in [0.15, 0.2) is 47.6 Å². The number of thioether (sulfide) groups is 1. The van der Waals surface area contributed by atoms with Crippen LogP contribution >= 0.6 is 35.0 Å². The Morgan fingerprint density at radius 3 is 2.46 bits per heavy atom. The van der Waals surface area contributed by atoms with Crippen molar-refractivity contribution in [2.45, 2.75) is 32.0 Å². The molecule has 0 fully saturated rings. The molecule has 0 aliphatic carbocycles. The maximum Gasteiger partial charge on any atom is 0.253 e. The zero-order chi connectivity index (χ0) is 25.5. The van der Waals surface area contributed by atoms with E-state index in [1.807, 2.05) is 20.8 Å². The Morgan fingerprint density at radius 1 is 1.11 bits per heavy atom. The van der Waals surface area contributed by atoms with Crippen molar-refractivity contribution in [3.8, 4) is 5.75 Å². The lowest BCUT2D eigenvalue weighted by Gasteiger charge is -2.22. The molecule has 3 aromatic rings. The fourth-order valence-electron chi connectivity index (χ4n) is 3.27. The monoisotopic (exact) mass is 535 g/mol. The van der Waals surface area contributed by atoms with Crippen molar-refractivity contribution in [3.05, 3.63) is 63.9 Å². The number of rotatable bonds is 10. The van der Waals surface area contributed by atoms with Crippen molar-refractivity contribution < 1.29 is 14.3 Å². The molecule has 1 heterocycles. The van der Waals surface area contributed by atoms with E-state index in [1.165, 1.54) is 17.8 Å². The Labute approximate surface area is 218 Å². The number of hydrogen-bond acceptors (Lipinski definition) is 6. The van der Waals surface area contributed by atoms with E-state index in [9.17, 15) is 9.59 Å². The fourth-order valence-corrected chi connectivity index (χ4v) is 4.49. The van der Waals surface area contributed by atoms with Crippen LogP contribution in [0.25, 0.3) is 0 Å². The molecule has 0 unspecified atom stereocenters. The van der Waals surface area contributed by atoms with Crippen molar-refractivity contribution in [3.63, 3.8) is 0 Å². The van der Waals surface area contributed by atoms with Gasteiger partial charge in [0.1, 0.15) is 5.75 Å². The van der Waals surface area contributed by atoms with Gasteiger partial charge in [-0.3, -0.25) is 9.59 Å². The summed E-state index contributed by atoms with van der Waals surface area (Å²) in [6, 6.07) is 11.5. The smallest absolute Gasteiger partial charge is 0.253 e. The number of anilines is 1. The van der Waals surface area contributed by atoms with Gasteiger partial charge < -0.3 is 19.9 Å². The van der Waals surface area contributed by atoms with Gasteiger partial charge in [0.15, 0.2) is 11.0 Å². The number of benzene rings is 2. The molecule has 3 rings (SSSR count). The minimum atomic E-state index is -0.418. The second kappa shape index (κ2) is 12.3. The van der Waals surface area contributed by atoms with E-state index < -0.39 is 6.04 Å². The van der Waals surface area contributed by atoms with Gasteiger partial charge in [0.2, 0.25) is 5.91 Å². The first-order chi connectivity index (χ1) is 16.7. The van der Waals surface area contributed by atoms with Gasteiger partial charge in [0.25, 0.3) is 5.91 Å². The van der Waals surface area contributed by atoms with E-state index >= 15 is 0 Å². The molecule has 8 nitrogen and oxygen atoms in total. The van der Waals surface area contributed by atoms with E-state index in [-0.39, 0.29) is 28.5 Å². The Kier molecular flexibility index (Phi) is 9.42. The molecule has 0 saturated carbocycles. The zero-order valence-electron chi connectivity index (χ0n) is 19.8. The van der Waals surface area contributed by atoms with Crippen LogP contribution < -0.4 is 15.4 Å². The number of carbonyl (C=O) groups excluding carboxylic acids is 2. The number of aromatic nitrogens is 3. The van der Waals surface area contributed by atoms with Gasteiger partial charge in [-0.2, -0.15) is 0 Å². The number of amides is 2. The summed E-state index contributed by atoms with van der Waals surface area (Å²) in [5.41, 5.74) is 1.01. The Balaban J connectivity index is 1.64. The second-order valence-electron chi connectivity index (χ2n) is 8.01. The largest absolute Gasteiger partial charge is 0.494 e. The maximum absolute atomic E-state index is 12.9. The molecule has 0 radical (unpaired) electrons. The summed E-state index contributed by atoms with van der Waals surface area (Å²) in [7, 11) is 1.80. The highest BCUT2D eigenvalue weighted by Gasteiger charge is 2.26. The molecule has 11 heteroatoms. The van der Waals surface area contributed by atoms with E-state index in [0.29, 0.717) is 33.9 Å². The highest BCUT2D eigenvalue weighted by molar-refractivity contribution is 7.99. The first-order valence-corrected chi connectivity index (χ1v) is 12.7. The van der Waals surface area contributed by atoms with Crippen molar-refractivity contribution in [2.75, 3.05) is 17.7 Å². The molecule has 2 N–H and O–H groups in total. The predicted octanol–water partition coefficient (Wildman–Crippen LogP) is 5.38. The van der Waals surface area contributed by atoms with Gasteiger partial charge in [-0.05, 0) is 55.3 Å². The van der Waals surface area contributed by atoms with Crippen LogP contribution in [0.3, 0.4) is 0 Å². The topological polar surface area (TPSA) is 98.1 Å². The van der Waals surface area contributed by atoms with Gasteiger partial charge in [-0.15, -0.1) is 10.2 Å². The third-order valence-corrected chi connectivity index (χ3v) is 6.63. The second-order valence-corrected chi connectivity index (χ2v) is 9.80. The van der Waals surface area contributed by atoms with Crippen LogP contribution in [0.1, 0.15) is 43.0 Å². The molecule has 0 spiro atoms. The number of nitrogens with zero attached hydrogens (tertiary/aromatic N) is 3. The van der Waals surface area contributed by atoms with Crippen molar-refractivity contribution in [1.82, 2.24) is 20.1 Å². The number of halogens is 2. The summed E-state index contributed by atoms with van der Waals surface area (Å²) in [6.07, 6.45) is 0. The van der Waals surface area contributed by atoms with Crippen LogP contribution in [-0.4, -0.2) is 38.9 Å². The SMILES string of the molecule is CCOc1ccc(NC(=O)CSc2nnc([C@H](NC(=O)c3ccc(Cl)cc3Cl)C(C)C)n2C)cc1. The van der Waals surface area contributed by atoms with Gasteiger partial charge in [0, 0.05) is 17.8 Å². The van der Waals surface area contributed by atoms with E-state index in [0.717, 1.165) is 5.75 Å². The van der Waals surface area contributed by atoms with Crippen LogP contribution in [0.4, 0.5) is 5.69 Å². The third-order valence-electron chi connectivity index (χ3n) is 5.06. The summed E-state index contributed by atoms with van der Waals surface area (Å²) in [4.78, 5) is 25.3. The average Bonchev–Trinajstić information content (AvgIpc) is 3.17. The number of hydrogen-bond donors (Lipinski definition) is 2. The summed E-state index contributed by atoms with van der Waals surface area (Å²) in [5.74, 6) is 0.989. The van der Waals surface area contributed by atoms with E-state index in [1.54, 1.807) is 48.0 Å². The standard InChI is InChI=1S/C24H27Cl2N5O3S/c1-5-34-17-9-7-16(8-10-17)27-20(32)13-35-24-30-29-22(31(24)4)21(14(2)3)28-23(33)18-11-6-15(25)12-19(18)26/h6-12,14,21H,5,13H2,1-4H3,(H,27,32)(H,28,33)/t21-/m1/s1. The fraction of sp³-hybridized carbons (Fsp3) is 0.333. The molecule has 186 valence electrons. The minimum absolute atomic E-state index is 0.0220. The summed E-state index contributed by atoms with van der Waals surface area (Å²) < 4.78 is 7.19. The minimum Gasteiger partial charge on any atom is -0.494 e. The van der Waals surface area contributed by atoms with E-state index in [2.05, 4.69) is 20.8 Å². The van der Waals surface area contributed by atoms with Crippen molar-refractivity contribution >= 4 is 52.5 Å². The first-order valence-electron chi connectivity index (χ1n) is 11.0. The molecule has 0 bridgehead atoms. The highest BCUT2D eigenvalue weighted by Crippen LogP contribution is 2.26. The molecule has 2 amide bonds. The average molecular weight is 536 g/mol. The molecule has 0 aliphatic heterocycles. The Bertz CT molecular complexity index is 1180. The first kappa shape index (κ1) is 26.8. The van der Waals surface area contributed by atoms with Crippen molar-refractivity contribution in [1.29, 1.82) is 0 Å². The van der Waals surface area contributed by atoms with Crippen LogP contribution in [0.2, 0.25) is 10.0 Å². The molecular formula is C24H27Cl2N5O3S. The molecule has 1 aromatic heterocycles. The van der Waals surface area contributed by atoms with Crippen LogP contribution in [0.5, 0.6) is 5.75 Å². The Morgan fingerprint density at radius 2 is 1.83 bits per heavy atom. The summed E-state index contributed by atoms with van der Waals surface area (Å²) in [6.45, 7) is 6.44.